The van der Waals surface area contributed by atoms with Gasteiger partial charge in [0.2, 0.25) is 17.7 Å². The zero-order valence-corrected chi connectivity index (χ0v) is 14.2. The maximum Gasteiger partial charge on any atom is 0.339 e. The molecule has 0 spiro atoms. The summed E-state index contributed by atoms with van der Waals surface area (Å²) in [5.74, 6) is -2.08. The van der Waals surface area contributed by atoms with Gasteiger partial charge in [-0.15, -0.1) is 0 Å². The number of carbonyl (C=O) groups is 4. The molecule has 1 saturated heterocycles. The highest BCUT2D eigenvalue weighted by Gasteiger charge is 2.59. The van der Waals surface area contributed by atoms with Crippen LogP contribution in [0.25, 0.3) is 0 Å². The van der Waals surface area contributed by atoms with Crippen LogP contribution in [0.3, 0.4) is 0 Å². The number of hydrogen-bond donors (Lipinski definition) is 1. The Morgan fingerprint density at radius 1 is 1.12 bits per heavy atom. The predicted molar refractivity (Wildman–Crippen MR) is 90.8 cm³/mol. The predicted octanol–water partition coefficient (Wildman–Crippen LogP) is 1.22. The normalized spacial score (nSPS) is 28.4. The van der Waals surface area contributed by atoms with E-state index in [1.807, 2.05) is 12.2 Å². The van der Waals surface area contributed by atoms with E-state index in [2.05, 4.69) is 5.32 Å². The summed E-state index contributed by atoms with van der Waals surface area (Å²) in [6.45, 7) is -0.348. The number of nitrogens with one attached hydrogen (secondary N) is 1. The number of hydrogen-bond acceptors (Lipinski definition) is 5. The maximum atomic E-state index is 12.6. The Kier molecular flexibility index (Phi) is 3.86. The molecule has 2 bridgehead atoms. The summed E-state index contributed by atoms with van der Waals surface area (Å²) < 4.78 is 4.69. The Balaban J connectivity index is 1.48. The lowest BCUT2D eigenvalue weighted by Crippen LogP contribution is -2.39. The smallest absolute Gasteiger partial charge is 0.339 e. The number of esters is 1. The first kappa shape index (κ1) is 16.5. The molecule has 4 atom stereocenters. The van der Waals surface area contributed by atoms with Crippen LogP contribution in [0, 0.1) is 23.7 Å². The fourth-order valence-electron chi connectivity index (χ4n) is 4.33. The number of rotatable bonds is 4. The number of fused-ring (bicyclic) bond motifs is 5. The fraction of sp³-hybridized carbons (Fsp3) is 0.368. The minimum atomic E-state index is -0.577. The Morgan fingerprint density at radius 2 is 1.73 bits per heavy atom. The number of anilines is 1. The van der Waals surface area contributed by atoms with Crippen molar-refractivity contribution in [3.05, 3.63) is 42.0 Å². The highest BCUT2D eigenvalue weighted by atomic mass is 16.5. The van der Waals surface area contributed by atoms with E-state index in [1.54, 1.807) is 18.2 Å². The molecular weight excluding hydrogens is 336 g/mol. The van der Waals surface area contributed by atoms with Gasteiger partial charge in [-0.25, -0.2) is 4.79 Å². The number of amides is 3. The first-order valence-electron chi connectivity index (χ1n) is 8.52. The Hall–Kier alpha value is -2.96. The van der Waals surface area contributed by atoms with Crippen LogP contribution in [0.5, 0.6) is 0 Å². The van der Waals surface area contributed by atoms with Gasteiger partial charge < -0.3 is 10.1 Å². The molecule has 7 heteroatoms. The quantitative estimate of drug-likeness (QED) is 0.499. The molecule has 1 aliphatic heterocycles. The third-order valence-corrected chi connectivity index (χ3v) is 5.47. The third kappa shape index (κ3) is 2.42. The molecule has 1 saturated carbocycles. The molecule has 0 radical (unpaired) electrons. The Bertz CT molecular complexity index is 816. The van der Waals surface area contributed by atoms with Gasteiger partial charge in [0.05, 0.1) is 30.2 Å². The first-order valence-corrected chi connectivity index (χ1v) is 8.52. The van der Waals surface area contributed by atoms with Crippen molar-refractivity contribution < 1.29 is 23.9 Å². The van der Waals surface area contributed by atoms with Crippen LogP contribution in [0.2, 0.25) is 0 Å². The molecular formula is C19H18N2O5. The number of likely N-dealkylation sites (tertiary alicyclic amines) is 1. The highest BCUT2D eigenvalue weighted by molar-refractivity contribution is 6.10. The third-order valence-electron chi connectivity index (χ3n) is 5.47. The van der Waals surface area contributed by atoms with E-state index >= 15 is 0 Å². The van der Waals surface area contributed by atoms with Crippen molar-refractivity contribution in [1.29, 1.82) is 0 Å². The monoisotopic (exact) mass is 354 g/mol. The molecule has 3 aliphatic rings. The SMILES string of the molecule is COC(=O)c1ccccc1NC(=O)CN1C(=O)[C@@H]2[C@H](C1=O)[C@@H]1C=C[C@@H]2C1. The molecule has 1 aromatic rings. The van der Waals surface area contributed by atoms with Crippen molar-refractivity contribution in [2.24, 2.45) is 23.7 Å². The lowest BCUT2D eigenvalue weighted by Gasteiger charge is -2.17. The van der Waals surface area contributed by atoms with Crippen LogP contribution < -0.4 is 5.32 Å². The minimum absolute atomic E-state index is 0.106. The molecule has 1 N–H and O–H groups in total. The van der Waals surface area contributed by atoms with Gasteiger partial charge in [0.15, 0.2) is 0 Å². The van der Waals surface area contributed by atoms with Crippen molar-refractivity contribution >= 4 is 29.4 Å². The molecule has 1 aromatic carbocycles. The molecule has 26 heavy (non-hydrogen) atoms. The summed E-state index contributed by atoms with van der Waals surface area (Å²) in [7, 11) is 1.25. The van der Waals surface area contributed by atoms with Crippen LogP contribution in [-0.2, 0) is 19.1 Å². The van der Waals surface area contributed by atoms with Gasteiger partial charge in [0, 0.05) is 0 Å². The zero-order chi connectivity index (χ0) is 18.4. The average molecular weight is 354 g/mol. The van der Waals surface area contributed by atoms with Crippen LogP contribution in [0.15, 0.2) is 36.4 Å². The Labute approximate surface area is 150 Å². The van der Waals surface area contributed by atoms with E-state index < -0.39 is 11.9 Å². The van der Waals surface area contributed by atoms with Gasteiger partial charge in [-0.3, -0.25) is 19.3 Å². The van der Waals surface area contributed by atoms with Crippen LogP contribution in [0.4, 0.5) is 5.69 Å². The van der Waals surface area contributed by atoms with Gasteiger partial charge in [-0.1, -0.05) is 24.3 Å². The lowest BCUT2D eigenvalue weighted by atomic mass is 9.85. The van der Waals surface area contributed by atoms with Gasteiger partial charge in [-0.05, 0) is 30.4 Å². The summed E-state index contributed by atoms with van der Waals surface area (Å²) in [6.07, 6.45) is 4.86. The first-order chi connectivity index (χ1) is 12.5. The van der Waals surface area contributed by atoms with E-state index in [-0.39, 0.29) is 53.3 Å². The molecule has 134 valence electrons. The molecule has 4 rings (SSSR count). The standard InChI is InChI=1S/C19H18N2O5/c1-26-19(25)12-4-2-3-5-13(12)20-14(22)9-21-17(23)15-10-6-7-11(8-10)16(15)18(21)24/h2-7,10-11,15-16H,8-9H2,1H3,(H,20,22)/t10-,11-,15-,16+/m1/s1. The van der Waals surface area contributed by atoms with Crippen molar-refractivity contribution in [3.63, 3.8) is 0 Å². The number of nitrogens with zero attached hydrogens (tertiary/aromatic N) is 1. The molecule has 2 fully saturated rings. The second-order valence-electron chi connectivity index (χ2n) is 6.85. The summed E-state index contributed by atoms with van der Waals surface area (Å²) in [5, 5.41) is 2.60. The molecule has 0 unspecified atom stereocenters. The Morgan fingerprint density at radius 3 is 2.35 bits per heavy atom. The molecule has 0 aromatic heterocycles. The minimum Gasteiger partial charge on any atom is -0.465 e. The topological polar surface area (TPSA) is 92.8 Å². The van der Waals surface area contributed by atoms with Crippen molar-refractivity contribution in [2.75, 3.05) is 19.0 Å². The summed E-state index contributed by atoms with van der Waals surface area (Å²) in [6, 6.07) is 6.42. The molecule has 7 nitrogen and oxygen atoms in total. The number of ether oxygens (including phenoxy) is 1. The van der Waals surface area contributed by atoms with E-state index in [1.165, 1.54) is 13.2 Å². The van der Waals surface area contributed by atoms with Crippen LogP contribution >= 0.6 is 0 Å². The number of carbonyl (C=O) groups excluding carboxylic acids is 4. The van der Waals surface area contributed by atoms with Gasteiger partial charge >= 0.3 is 5.97 Å². The molecule has 1 heterocycles. The number of para-hydroxylation sites is 1. The summed E-state index contributed by atoms with van der Waals surface area (Å²) >= 11 is 0. The zero-order valence-electron chi connectivity index (χ0n) is 14.2. The largest absolute Gasteiger partial charge is 0.465 e. The van der Waals surface area contributed by atoms with E-state index in [9.17, 15) is 19.2 Å². The highest BCUT2D eigenvalue weighted by Crippen LogP contribution is 2.52. The van der Waals surface area contributed by atoms with E-state index in [4.69, 9.17) is 4.74 Å². The molecule has 3 amide bonds. The van der Waals surface area contributed by atoms with Crippen LogP contribution in [0.1, 0.15) is 16.8 Å². The van der Waals surface area contributed by atoms with Crippen molar-refractivity contribution in [3.8, 4) is 0 Å². The second-order valence-corrected chi connectivity index (χ2v) is 6.85. The fourth-order valence-corrected chi connectivity index (χ4v) is 4.33. The number of allylic oxidation sites excluding steroid dienone is 2. The van der Waals surface area contributed by atoms with Crippen molar-refractivity contribution in [2.45, 2.75) is 6.42 Å². The maximum absolute atomic E-state index is 12.6. The van der Waals surface area contributed by atoms with E-state index in [0.717, 1.165) is 11.3 Å². The van der Waals surface area contributed by atoms with Gasteiger partial charge in [0.25, 0.3) is 0 Å². The molecule has 2 aliphatic carbocycles. The van der Waals surface area contributed by atoms with Crippen LogP contribution in [-0.4, -0.2) is 42.2 Å². The van der Waals surface area contributed by atoms with E-state index in [0.29, 0.717) is 0 Å². The summed E-state index contributed by atoms with van der Waals surface area (Å²) in [4.78, 5) is 50.5. The van der Waals surface area contributed by atoms with Crippen molar-refractivity contribution in [1.82, 2.24) is 4.90 Å². The number of benzene rings is 1. The van der Waals surface area contributed by atoms with Gasteiger partial charge in [0.1, 0.15) is 6.54 Å². The number of imide groups is 1. The second kappa shape index (κ2) is 6.09. The van der Waals surface area contributed by atoms with Gasteiger partial charge in [-0.2, -0.15) is 0 Å². The summed E-state index contributed by atoms with van der Waals surface area (Å²) in [5.41, 5.74) is 0.493. The lowest BCUT2D eigenvalue weighted by molar-refractivity contribution is -0.143. The number of methoxy groups -OCH3 is 1. The average Bonchev–Trinajstić information content (AvgIpc) is 3.31.